The van der Waals surface area contributed by atoms with Gasteiger partial charge in [0.1, 0.15) is 6.33 Å². The molecule has 0 aromatic carbocycles. The number of rotatable bonds is 4. The third-order valence-corrected chi connectivity index (χ3v) is 3.57. The highest BCUT2D eigenvalue weighted by atomic mass is 16.4. The molecule has 1 aliphatic rings. The van der Waals surface area contributed by atoms with E-state index >= 15 is 0 Å². The SMILES string of the molecule is O=C(O)C1(CNc2nccn3cnnc23)CCC1. The van der Waals surface area contributed by atoms with E-state index in [1.807, 2.05) is 0 Å². The Balaban J connectivity index is 1.81. The number of fused-ring (bicyclic) bond motifs is 1. The Morgan fingerprint density at radius 2 is 2.39 bits per heavy atom. The van der Waals surface area contributed by atoms with Crippen molar-refractivity contribution in [2.24, 2.45) is 5.41 Å². The Kier molecular flexibility index (Phi) is 2.39. The van der Waals surface area contributed by atoms with Crippen molar-refractivity contribution in [3.8, 4) is 0 Å². The largest absolute Gasteiger partial charge is 0.481 e. The lowest BCUT2D eigenvalue weighted by atomic mass is 9.69. The van der Waals surface area contributed by atoms with Gasteiger partial charge in [-0.15, -0.1) is 10.2 Å². The van der Waals surface area contributed by atoms with Crippen molar-refractivity contribution in [1.82, 2.24) is 19.6 Å². The number of carboxylic acid groups (broad SMARTS) is 1. The number of aliphatic carboxylic acids is 1. The standard InChI is InChI=1S/C11H13N5O2/c17-10(18)11(2-1-3-11)6-13-8-9-15-14-7-16(9)5-4-12-8/h4-5,7H,1-3,6H2,(H,12,13)(H,17,18). The first-order valence-electron chi connectivity index (χ1n) is 5.83. The second kappa shape index (κ2) is 3.94. The van der Waals surface area contributed by atoms with E-state index in [4.69, 9.17) is 0 Å². The zero-order chi connectivity index (χ0) is 12.6. The van der Waals surface area contributed by atoms with Gasteiger partial charge in [0.25, 0.3) is 0 Å². The Hall–Kier alpha value is -2.18. The van der Waals surface area contributed by atoms with Crippen LogP contribution < -0.4 is 5.32 Å². The number of nitrogens with one attached hydrogen (secondary N) is 1. The molecular formula is C11H13N5O2. The van der Waals surface area contributed by atoms with Crippen LogP contribution in [0.1, 0.15) is 19.3 Å². The molecule has 0 radical (unpaired) electrons. The summed E-state index contributed by atoms with van der Waals surface area (Å²) in [5.74, 6) is -0.169. The van der Waals surface area contributed by atoms with Crippen molar-refractivity contribution >= 4 is 17.4 Å². The van der Waals surface area contributed by atoms with Crippen LogP contribution in [0, 0.1) is 5.41 Å². The molecule has 7 nitrogen and oxygen atoms in total. The maximum Gasteiger partial charge on any atom is 0.311 e. The molecule has 1 fully saturated rings. The zero-order valence-electron chi connectivity index (χ0n) is 9.70. The maximum atomic E-state index is 11.2. The fourth-order valence-corrected chi connectivity index (χ4v) is 2.21. The summed E-state index contributed by atoms with van der Waals surface area (Å²) in [6.07, 6.45) is 7.36. The molecule has 1 aliphatic carbocycles. The van der Waals surface area contributed by atoms with Crippen molar-refractivity contribution in [3.63, 3.8) is 0 Å². The second-order valence-corrected chi connectivity index (χ2v) is 4.63. The summed E-state index contributed by atoms with van der Waals surface area (Å²) in [6.45, 7) is 0.377. The fourth-order valence-electron chi connectivity index (χ4n) is 2.21. The van der Waals surface area contributed by atoms with Crippen LogP contribution in [0.15, 0.2) is 18.7 Å². The summed E-state index contributed by atoms with van der Waals surface area (Å²) < 4.78 is 1.74. The van der Waals surface area contributed by atoms with Gasteiger partial charge in [0.2, 0.25) is 5.65 Å². The number of hydrogen-bond donors (Lipinski definition) is 2. The highest BCUT2D eigenvalue weighted by molar-refractivity contribution is 5.77. The smallest absolute Gasteiger partial charge is 0.311 e. The molecule has 2 heterocycles. The molecule has 94 valence electrons. The minimum Gasteiger partial charge on any atom is -0.481 e. The third kappa shape index (κ3) is 1.59. The number of aromatic nitrogens is 4. The van der Waals surface area contributed by atoms with Crippen LogP contribution in [0.25, 0.3) is 5.65 Å². The first kappa shape index (κ1) is 10.9. The van der Waals surface area contributed by atoms with Gasteiger partial charge in [-0.25, -0.2) is 4.98 Å². The van der Waals surface area contributed by atoms with E-state index in [0.717, 1.165) is 6.42 Å². The first-order valence-corrected chi connectivity index (χ1v) is 5.83. The predicted octanol–water partition coefficient (Wildman–Crippen LogP) is 0.791. The molecule has 2 N–H and O–H groups in total. The predicted molar refractivity (Wildman–Crippen MR) is 63.2 cm³/mol. The molecule has 0 atom stereocenters. The van der Waals surface area contributed by atoms with Crippen molar-refractivity contribution in [2.75, 3.05) is 11.9 Å². The molecule has 0 saturated heterocycles. The third-order valence-electron chi connectivity index (χ3n) is 3.57. The number of carboxylic acids is 1. The van der Waals surface area contributed by atoms with Gasteiger partial charge in [-0.1, -0.05) is 6.42 Å². The normalized spacial score (nSPS) is 17.3. The summed E-state index contributed by atoms with van der Waals surface area (Å²) in [6, 6.07) is 0. The molecule has 0 amide bonds. The van der Waals surface area contributed by atoms with Gasteiger partial charge in [0.05, 0.1) is 5.41 Å². The van der Waals surface area contributed by atoms with Crippen LogP contribution in [0.3, 0.4) is 0 Å². The lowest BCUT2D eigenvalue weighted by Crippen LogP contribution is -2.43. The van der Waals surface area contributed by atoms with E-state index in [9.17, 15) is 9.90 Å². The minimum atomic E-state index is -0.741. The number of nitrogens with zero attached hydrogens (tertiary/aromatic N) is 4. The average Bonchev–Trinajstić information content (AvgIpc) is 2.75. The van der Waals surface area contributed by atoms with Crippen molar-refractivity contribution in [2.45, 2.75) is 19.3 Å². The lowest BCUT2D eigenvalue weighted by Gasteiger charge is -2.37. The van der Waals surface area contributed by atoms with Crippen molar-refractivity contribution in [3.05, 3.63) is 18.7 Å². The summed E-state index contributed by atoms with van der Waals surface area (Å²) in [5.41, 5.74) is -0.0356. The Morgan fingerprint density at radius 3 is 3.06 bits per heavy atom. The van der Waals surface area contributed by atoms with Gasteiger partial charge in [0, 0.05) is 18.9 Å². The summed E-state index contributed by atoms with van der Waals surface area (Å²) in [5, 5.41) is 20.1. The second-order valence-electron chi connectivity index (χ2n) is 4.63. The highest BCUT2D eigenvalue weighted by Crippen LogP contribution is 2.41. The van der Waals surface area contributed by atoms with Crippen molar-refractivity contribution in [1.29, 1.82) is 0 Å². The summed E-state index contributed by atoms with van der Waals surface area (Å²) in [7, 11) is 0. The van der Waals surface area contributed by atoms with E-state index in [1.54, 1.807) is 23.1 Å². The molecule has 1 saturated carbocycles. The molecule has 7 heteroatoms. The van der Waals surface area contributed by atoms with Crippen LogP contribution >= 0.6 is 0 Å². The van der Waals surface area contributed by atoms with Gasteiger partial charge < -0.3 is 10.4 Å². The molecule has 0 spiro atoms. The van der Waals surface area contributed by atoms with Crippen LogP contribution in [-0.4, -0.2) is 37.2 Å². The first-order chi connectivity index (χ1) is 8.71. The van der Waals surface area contributed by atoms with Gasteiger partial charge in [0.15, 0.2) is 5.82 Å². The lowest BCUT2D eigenvalue weighted by molar-refractivity contribution is -0.153. The van der Waals surface area contributed by atoms with Crippen LogP contribution in [-0.2, 0) is 4.79 Å². The zero-order valence-corrected chi connectivity index (χ0v) is 9.70. The quantitative estimate of drug-likeness (QED) is 0.829. The maximum absolute atomic E-state index is 11.2. The van der Waals surface area contributed by atoms with E-state index in [-0.39, 0.29) is 0 Å². The minimum absolute atomic E-state index is 0.377. The molecule has 2 aromatic heterocycles. The molecule has 2 aromatic rings. The number of hydrogen-bond acceptors (Lipinski definition) is 5. The van der Waals surface area contributed by atoms with Gasteiger partial charge >= 0.3 is 5.97 Å². The van der Waals surface area contributed by atoms with Crippen LogP contribution in [0.5, 0.6) is 0 Å². The van der Waals surface area contributed by atoms with Crippen molar-refractivity contribution < 1.29 is 9.90 Å². The Morgan fingerprint density at radius 1 is 1.56 bits per heavy atom. The average molecular weight is 247 g/mol. The fraction of sp³-hybridized carbons (Fsp3) is 0.455. The van der Waals surface area contributed by atoms with E-state index in [0.29, 0.717) is 30.9 Å². The van der Waals surface area contributed by atoms with E-state index in [2.05, 4.69) is 20.5 Å². The topological polar surface area (TPSA) is 92.4 Å². The molecule has 0 unspecified atom stereocenters. The summed E-state index contributed by atoms with van der Waals surface area (Å²) >= 11 is 0. The molecule has 18 heavy (non-hydrogen) atoms. The number of anilines is 1. The Labute approximate surface area is 103 Å². The molecular weight excluding hydrogens is 234 g/mol. The monoisotopic (exact) mass is 247 g/mol. The van der Waals surface area contributed by atoms with Gasteiger partial charge in [-0.05, 0) is 12.8 Å². The Bertz CT molecular complexity index is 590. The van der Waals surface area contributed by atoms with Gasteiger partial charge in [-0.2, -0.15) is 0 Å². The van der Waals surface area contributed by atoms with Gasteiger partial charge in [-0.3, -0.25) is 9.20 Å². The van der Waals surface area contributed by atoms with E-state index in [1.165, 1.54) is 0 Å². The van der Waals surface area contributed by atoms with Crippen LogP contribution in [0.2, 0.25) is 0 Å². The van der Waals surface area contributed by atoms with E-state index < -0.39 is 11.4 Å². The highest BCUT2D eigenvalue weighted by Gasteiger charge is 2.44. The summed E-state index contributed by atoms with van der Waals surface area (Å²) in [4.78, 5) is 15.4. The molecule has 0 bridgehead atoms. The number of carbonyl (C=O) groups is 1. The molecule has 0 aliphatic heterocycles. The van der Waals surface area contributed by atoms with Crippen LogP contribution in [0.4, 0.5) is 5.82 Å². The molecule has 3 rings (SSSR count).